The zero-order valence-corrected chi connectivity index (χ0v) is 12.9. The largest absolute Gasteiger partial charge is 0.384 e. The maximum Gasteiger partial charge on any atom is 0.124 e. The van der Waals surface area contributed by atoms with Crippen molar-refractivity contribution in [3.8, 4) is 0 Å². The third-order valence-electron chi connectivity index (χ3n) is 3.03. The van der Waals surface area contributed by atoms with E-state index in [9.17, 15) is 0 Å². The number of ether oxygens (including phenoxy) is 2. The van der Waals surface area contributed by atoms with Gasteiger partial charge in [-0.2, -0.15) is 0 Å². The van der Waals surface area contributed by atoms with Crippen molar-refractivity contribution < 1.29 is 9.47 Å². The minimum Gasteiger partial charge on any atom is -0.384 e. The number of hydrogen-bond donors (Lipinski definition) is 2. The number of nitrogens with zero attached hydrogens (tertiary/aromatic N) is 1. The topological polar surface area (TPSA) is 71.6 Å². The van der Waals surface area contributed by atoms with E-state index in [1.54, 1.807) is 26.4 Å². The lowest BCUT2D eigenvalue weighted by atomic mass is 10.1. The molecule has 0 aliphatic carbocycles. The van der Waals surface area contributed by atoms with Gasteiger partial charge in [-0.3, -0.25) is 5.41 Å². The molecule has 3 N–H and O–H groups in total. The van der Waals surface area contributed by atoms with E-state index in [4.69, 9.17) is 32.2 Å². The second-order valence-corrected chi connectivity index (χ2v) is 5.00. The maximum atomic E-state index is 7.72. The molecule has 0 heterocycles. The Kier molecular flexibility index (Phi) is 6.78. The fourth-order valence-corrected chi connectivity index (χ4v) is 2.25. The first-order valence-electron chi connectivity index (χ1n) is 6.39. The normalized spacial score (nSPS) is 12.2. The van der Waals surface area contributed by atoms with E-state index in [2.05, 4.69) is 11.8 Å². The van der Waals surface area contributed by atoms with Crippen molar-refractivity contribution in [1.29, 1.82) is 5.41 Å². The molecule has 20 heavy (non-hydrogen) atoms. The highest BCUT2D eigenvalue weighted by molar-refractivity contribution is 6.31. The Labute approximate surface area is 125 Å². The number of methoxy groups -OCH3 is 2. The van der Waals surface area contributed by atoms with Crippen molar-refractivity contribution in [3.63, 3.8) is 0 Å². The summed E-state index contributed by atoms with van der Waals surface area (Å²) < 4.78 is 10.4. The van der Waals surface area contributed by atoms with Crippen LogP contribution in [0.15, 0.2) is 18.2 Å². The molecule has 0 aliphatic rings. The molecule has 112 valence electrons. The predicted octanol–water partition coefficient (Wildman–Crippen LogP) is 2.11. The van der Waals surface area contributed by atoms with Crippen LogP contribution in [-0.4, -0.2) is 45.9 Å². The molecule has 0 spiro atoms. The Morgan fingerprint density at radius 3 is 2.65 bits per heavy atom. The highest BCUT2D eigenvalue weighted by Crippen LogP contribution is 2.25. The molecule has 1 unspecified atom stereocenters. The van der Waals surface area contributed by atoms with E-state index in [0.29, 0.717) is 30.3 Å². The molecule has 0 aliphatic heterocycles. The summed E-state index contributed by atoms with van der Waals surface area (Å²) in [4.78, 5) is 2.11. The highest BCUT2D eigenvalue weighted by atomic mass is 35.5. The Bertz CT molecular complexity index is 454. The zero-order valence-electron chi connectivity index (χ0n) is 12.1. The lowest BCUT2D eigenvalue weighted by Gasteiger charge is -2.32. The van der Waals surface area contributed by atoms with E-state index in [-0.39, 0.29) is 11.9 Å². The number of benzene rings is 1. The minimum absolute atomic E-state index is 0.00506. The van der Waals surface area contributed by atoms with Crippen molar-refractivity contribution in [2.24, 2.45) is 5.73 Å². The Hall–Kier alpha value is -1.30. The second-order valence-electron chi connectivity index (χ2n) is 4.57. The SMILES string of the molecule is COCCN(c1ccc(Cl)cc1C(=N)N)C(C)COC. The van der Waals surface area contributed by atoms with Crippen molar-refractivity contribution in [3.05, 3.63) is 28.8 Å². The Morgan fingerprint density at radius 2 is 2.10 bits per heavy atom. The van der Waals surface area contributed by atoms with Gasteiger partial charge in [-0.15, -0.1) is 0 Å². The summed E-state index contributed by atoms with van der Waals surface area (Å²) in [7, 11) is 3.33. The molecule has 0 saturated heterocycles. The molecule has 0 bridgehead atoms. The van der Waals surface area contributed by atoms with Crippen LogP contribution in [-0.2, 0) is 9.47 Å². The highest BCUT2D eigenvalue weighted by Gasteiger charge is 2.18. The van der Waals surface area contributed by atoms with Crippen molar-refractivity contribution >= 4 is 23.1 Å². The molecule has 0 amide bonds. The number of nitrogens with two attached hydrogens (primary N) is 1. The van der Waals surface area contributed by atoms with Gasteiger partial charge < -0.3 is 20.1 Å². The van der Waals surface area contributed by atoms with Crippen LogP contribution in [0.4, 0.5) is 5.69 Å². The van der Waals surface area contributed by atoms with Crippen LogP contribution in [0.25, 0.3) is 0 Å². The second kappa shape index (κ2) is 8.09. The van der Waals surface area contributed by atoms with Gasteiger partial charge in [0.15, 0.2) is 0 Å². The molecule has 0 aromatic heterocycles. The molecular weight excluding hydrogens is 278 g/mol. The van der Waals surface area contributed by atoms with Crippen LogP contribution in [0, 0.1) is 5.41 Å². The van der Waals surface area contributed by atoms with Gasteiger partial charge >= 0.3 is 0 Å². The number of halogens is 1. The molecule has 6 heteroatoms. The summed E-state index contributed by atoms with van der Waals surface area (Å²) in [5, 5.41) is 8.28. The number of rotatable bonds is 8. The number of nitrogen functional groups attached to an aromatic ring is 1. The molecule has 1 rings (SSSR count). The van der Waals surface area contributed by atoms with Crippen molar-refractivity contribution in [2.45, 2.75) is 13.0 Å². The third-order valence-corrected chi connectivity index (χ3v) is 3.27. The fourth-order valence-electron chi connectivity index (χ4n) is 2.07. The summed E-state index contributed by atoms with van der Waals surface area (Å²) in [5.41, 5.74) is 7.15. The molecule has 0 saturated carbocycles. The van der Waals surface area contributed by atoms with Crippen LogP contribution < -0.4 is 10.6 Å². The van der Waals surface area contributed by atoms with Crippen LogP contribution in [0.3, 0.4) is 0 Å². The van der Waals surface area contributed by atoms with E-state index in [1.165, 1.54) is 0 Å². The summed E-state index contributed by atoms with van der Waals surface area (Å²) in [6.45, 7) is 3.89. The van der Waals surface area contributed by atoms with E-state index in [1.807, 2.05) is 6.07 Å². The molecule has 0 radical (unpaired) electrons. The average molecular weight is 300 g/mol. The van der Waals surface area contributed by atoms with Gasteiger partial charge in [-0.05, 0) is 25.1 Å². The third kappa shape index (κ3) is 4.37. The predicted molar refractivity (Wildman–Crippen MR) is 83.0 cm³/mol. The van der Waals surface area contributed by atoms with Crippen molar-refractivity contribution in [2.75, 3.05) is 38.9 Å². The standard InChI is InChI=1S/C14H22ClN3O2/c1-10(9-20-3)18(6-7-19-2)13-5-4-11(15)8-12(13)14(16)17/h4-5,8,10H,6-7,9H2,1-3H3,(H3,16,17). The molecule has 1 aromatic rings. The lowest BCUT2D eigenvalue weighted by molar-refractivity contribution is 0.171. The quantitative estimate of drug-likeness (QED) is 0.570. The van der Waals surface area contributed by atoms with Crippen LogP contribution in [0.2, 0.25) is 5.02 Å². The molecular formula is C14H22ClN3O2. The van der Waals surface area contributed by atoms with E-state index in [0.717, 1.165) is 5.69 Å². The summed E-state index contributed by atoms with van der Waals surface area (Å²) in [6, 6.07) is 5.51. The summed E-state index contributed by atoms with van der Waals surface area (Å²) in [6.07, 6.45) is 0. The lowest BCUT2D eigenvalue weighted by Crippen LogP contribution is -2.39. The monoisotopic (exact) mass is 299 g/mol. The zero-order chi connectivity index (χ0) is 15.1. The van der Waals surface area contributed by atoms with E-state index < -0.39 is 0 Å². The maximum absolute atomic E-state index is 7.72. The fraction of sp³-hybridized carbons (Fsp3) is 0.500. The minimum atomic E-state index is -0.00506. The first kappa shape index (κ1) is 16.8. The molecule has 1 atom stereocenters. The van der Waals surface area contributed by atoms with Crippen molar-refractivity contribution in [1.82, 2.24) is 0 Å². The number of anilines is 1. The van der Waals surface area contributed by atoms with Gasteiger partial charge in [0, 0.05) is 43.1 Å². The van der Waals surface area contributed by atoms with Gasteiger partial charge in [0.25, 0.3) is 0 Å². The Morgan fingerprint density at radius 1 is 1.40 bits per heavy atom. The van der Waals surface area contributed by atoms with Crippen LogP contribution >= 0.6 is 11.6 Å². The first-order valence-corrected chi connectivity index (χ1v) is 6.77. The molecule has 5 nitrogen and oxygen atoms in total. The Balaban J connectivity index is 3.14. The van der Waals surface area contributed by atoms with Crippen LogP contribution in [0.1, 0.15) is 12.5 Å². The van der Waals surface area contributed by atoms with Crippen LogP contribution in [0.5, 0.6) is 0 Å². The average Bonchev–Trinajstić information content (AvgIpc) is 2.40. The summed E-state index contributed by atoms with van der Waals surface area (Å²) in [5.74, 6) is -0.00506. The first-order chi connectivity index (χ1) is 9.51. The van der Waals surface area contributed by atoms with Gasteiger partial charge in [-0.1, -0.05) is 11.6 Å². The van der Waals surface area contributed by atoms with E-state index >= 15 is 0 Å². The van der Waals surface area contributed by atoms with Gasteiger partial charge in [0.2, 0.25) is 0 Å². The number of nitrogens with one attached hydrogen (secondary N) is 1. The van der Waals surface area contributed by atoms with Gasteiger partial charge in [-0.25, -0.2) is 0 Å². The smallest absolute Gasteiger partial charge is 0.124 e. The molecule has 0 fully saturated rings. The number of amidine groups is 1. The summed E-state index contributed by atoms with van der Waals surface area (Å²) >= 11 is 5.99. The van der Waals surface area contributed by atoms with Gasteiger partial charge in [0.05, 0.1) is 13.2 Å². The van der Waals surface area contributed by atoms with Gasteiger partial charge in [0.1, 0.15) is 5.84 Å². The number of hydrogen-bond acceptors (Lipinski definition) is 4. The molecule has 1 aromatic carbocycles.